The molecule has 150 valence electrons. The lowest BCUT2D eigenvalue weighted by Crippen LogP contribution is -2.30. The number of allylic oxidation sites excluding steroid dienone is 2. The third kappa shape index (κ3) is 5.05. The highest BCUT2D eigenvalue weighted by atomic mass is 19.3. The van der Waals surface area contributed by atoms with Crippen molar-refractivity contribution in [2.45, 2.75) is 70.8 Å². The molecule has 2 aliphatic carbocycles. The number of hydrogen-bond donors (Lipinski definition) is 0. The lowest BCUT2D eigenvalue weighted by molar-refractivity contribution is -0.0546. The molecule has 0 bridgehead atoms. The summed E-state index contributed by atoms with van der Waals surface area (Å²) in [4.78, 5) is 0. The molecule has 2 fully saturated rings. The van der Waals surface area contributed by atoms with Gasteiger partial charge in [-0.1, -0.05) is 18.6 Å². The summed E-state index contributed by atoms with van der Waals surface area (Å²) in [6.45, 7) is -1.19. The highest BCUT2D eigenvalue weighted by Crippen LogP contribution is 2.48. The van der Waals surface area contributed by atoms with Gasteiger partial charge in [0.1, 0.15) is 0 Å². The van der Waals surface area contributed by atoms with Crippen LogP contribution < -0.4 is 4.74 Å². The van der Waals surface area contributed by atoms with Crippen LogP contribution >= 0.6 is 0 Å². The molecule has 0 aromatic heterocycles. The summed E-state index contributed by atoms with van der Waals surface area (Å²) in [5, 5.41) is 0. The van der Waals surface area contributed by atoms with Crippen LogP contribution in [0.1, 0.15) is 69.8 Å². The third-order valence-electron chi connectivity index (χ3n) is 6.40. The zero-order valence-corrected chi connectivity index (χ0v) is 15.8. The van der Waals surface area contributed by atoms with Crippen molar-refractivity contribution < 1.29 is 22.3 Å². The van der Waals surface area contributed by atoms with E-state index in [1.807, 2.05) is 0 Å². The van der Waals surface area contributed by atoms with Crippen molar-refractivity contribution in [3.8, 4) is 5.75 Å². The first kappa shape index (κ1) is 20.2. The summed E-state index contributed by atoms with van der Waals surface area (Å²) in [6.07, 6.45) is 13.3. The third-order valence-corrected chi connectivity index (χ3v) is 6.40. The van der Waals surface area contributed by atoms with E-state index in [1.165, 1.54) is 37.8 Å². The Bertz CT molecular complexity index is 635. The Morgan fingerprint density at radius 1 is 1.04 bits per heavy atom. The summed E-state index contributed by atoms with van der Waals surface area (Å²) in [5.41, 5.74) is 0.570. The van der Waals surface area contributed by atoms with Gasteiger partial charge in [0, 0.05) is 0 Å². The molecule has 1 unspecified atom stereocenters. The zero-order valence-electron chi connectivity index (χ0n) is 15.8. The summed E-state index contributed by atoms with van der Waals surface area (Å²) in [6, 6.07) is 2.35. The van der Waals surface area contributed by atoms with Gasteiger partial charge in [0.25, 0.3) is 0 Å². The van der Waals surface area contributed by atoms with Gasteiger partial charge in [0.05, 0.1) is 0 Å². The van der Waals surface area contributed by atoms with Gasteiger partial charge in [-0.25, -0.2) is 8.78 Å². The van der Waals surface area contributed by atoms with Crippen molar-refractivity contribution in [1.29, 1.82) is 0 Å². The van der Waals surface area contributed by atoms with E-state index >= 15 is 0 Å². The van der Waals surface area contributed by atoms with E-state index in [2.05, 4.69) is 23.8 Å². The predicted octanol–water partition coefficient (Wildman–Crippen LogP) is 7.22. The molecule has 0 heterocycles. The van der Waals surface area contributed by atoms with Crippen LogP contribution in [0.5, 0.6) is 5.75 Å². The first-order valence-corrected chi connectivity index (χ1v) is 10.0. The van der Waals surface area contributed by atoms with Crippen LogP contribution in [0.25, 0.3) is 0 Å². The SMILES string of the molecule is CC=CCC[C@@H]1CC[C@@H]2CC(c3cc(F)c(OC(F)F)c(F)c3)CC[C@@H]2C1. The van der Waals surface area contributed by atoms with Crippen molar-refractivity contribution >= 4 is 0 Å². The maximum Gasteiger partial charge on any atom is 0.387 e. The van der Waals surface area contributed by atoms with Gasteiger partial charge in [-0.05, 0) is 93.2 Å². The Balaban J connectivity index is 1.62. The average molecular weight is 384 g/mol. The lowest BCUT2D eigenvalue weighted by atomic mass is 9.63. The van der Waals surface area contributed by atoms with Gasteiger partial charge in [-0.2, -0.15) is 8.78 Å². The first-order chi connectivity index (χ1) is 13.0. The lowest BCUT2D eigenvalue weighted by Gasteiger charge is -2.42. The molecule has 2 aliphatic rings. The van der Waals surface area contributed by atoms with E-state index in [0.717, 1.165) is 31.6 Å². The molecule has 1 aromatic rings. The van der Waals surface area contributed by atoms with Gasteiger partial charge in [-0.15, -0.1) is 0 Å². The van der Waals surface area contributed by atoms with Crippen LogP contribution in [0.2, 0.25) is 0 Å². The molecule has 3 rings (SSSR count). The number of hydrogen-bond acceptors (Lipinski definition) is 1. The van der Waals surface area contributed by atoms with E-state index in [4.69, 9.17) is 0 Å². The minimum absolute atomic E-state index is 0.0930. The minimum Gasteiger partial charge on any atom is -0.429 e. The second-order valence-corrected chi connectivity index (χ2v) is 8.05. The van der Waals surface area contributed by atoms with Crippen LogP contribution in [0.4, 0.5) is 17.6 Å². The molecule has 1 aromatic carbocycles. The van der Waals surface area contributed by atoms with E-state index in [1.54, 1.807) is 0 Å². The Labute approximate surface area is 158 Å². The van der Waals surface area contributed by atoms with Gasteiger partial charge in [0.2, 0.25) is 0 Å². The molecule has 27 heavy (non-hydrogen) atoms. The van der Waals surface area contributed by atoms with Gasteiger partial charge < -0.3 is 4.74 Å². The molecule has 0 aliphatic heterocycles. The fourth-order valence-corrected chi connectivity index (χ4v) is 5.07. The first-order valence-electron chi connectivity index (χ1n) is 10.0. The van der Waals surface area contributed by atoms with Crippen LogP contribution in [0.15, 0.2) is 24.3 Å². The van der Waals surface area contributed by atoms with E-state index in [9.17, 15) is 17.6 Å². The number of fused-ring (bicyclic) bond motifs is 1. The highest BCUT2D eigenvalue weighted by Gasteiger charge is 2.36. The predicted molar refractivity (Wildman–Crippen MR) is 98.0 cm³/mol. The Hall–Kier alpha value is -1.52. The van der Waals surface area contributed by atoms with Crippen molar-refractivity contribution in [3.05, 3.63) is 41.5 Å². The summed E-state index contributed by atoms with van der Waals surface area (Å²) in [7, 11) is 0. The molecular weight excluding hydrogens is 356 g/mol. The smallest absolute Gasteiger partial charge is 0.387 e. The molecule has 0 N–H and O–H groups in total. The van der Waals surface area contributed by atoms with Crippen LogP contribution in [0.3, 0.4) is 0 Å². The molecule has 5 heteroatoms. The van der Waals surface area contributed by atoms with Gasteiger partial charge in [0.15, 0.2) is 17.4 Å². The van der Waals surface area contributed by atoms with Gasteiger partial charge in [-0.3, -0.25) is 0 Å². The molecule has 0 saturated heterocycles. The fourth-order valence-electron chi connectivity index (χ4n) is 5.07. The van der Waals surface area contributed by atoms with Crippen LogP contribution in [0, 0.1) is 29.4 Å². The Morgan fingerprint density at radius 2 is 1.70 bits per heavy atom. The van der Waals surface area contributed by atoms with Crippen molar-refractivity contribution in [1.82, 2.24) is 0 Å². The molecule has 4 atom stereocenters. The van der Waals surface area contributed by atoms with E-state index < -0.39 is 24.0 Å². The van der Waals surface area contributed by atoms with E-state index in [0.29, 0.717) is 17.4 Å². The summed E-state index contributed by atoms with van der Waals surface area (Å²) >= 11 is 0. The van der Waals surface area contributed by atoms with Crippen molar-refractivity contribution in [3.63, 3.8) is 0 Å². The van der Waals surface area contributed by atoms with Gasteiger partial charge >= 0.3 is 6.61 Å². The number of benzene rings is 1. The van der Waals surface area contributed by atoms with E-state index in [-0.39, 0.29) is 5.92 Å². The number of halogens is 4. The second-order valence-electron chi connectivity index (χ2n) is 8.05. The topological polar surface area (TPSA) is 9.23 Å². The number of ether oxygens (including phenoxy) is 1. The largest absolute Gasteiger partial charge is 0.429 e. The van der Waals surface area contributed by atoms with Crippen LogP contribution in [-0.2, 0) is 0 Å². The summed E-state index contributed by atoms with van der Waals surface area (Å²) < 4.78 is 56.7. The number of rotatable bonds is 6. The maximum absolute atomic E-state index is 14.1. The number of alkyl halides is 2. The zero-order chi connectivity index (χ0) is 19.4. The second kappa shape index (κ2) is 9.11. The molecular formula is C22H28F4O. The standard InChI is InChI=1S/C22H28F4O/c1-2-3-4-5-14-6-7-16-11-17(9-8-15(16)10-14)18-12-19(23)21(20(24)13-18)27-22(25)26/h2-3,12-17,22H,4-11H2,1H3/t14-,15-,16-,17?/m1/s1. The minimum atomic E-state index is -3.24. The maximum atomic E-state index is 14.1. The molecule has 0 amide bonds. The quantitative estimate of drug-likeness (QED) is 0.371. The Morgan fingerprint density at radius 3 is 2.37 bits per heavy atom. The highest BCUT2D eigenvalue weighted by molar-refractivity contribution is 5.33. The Kier molecular flexibility index (Phi) is 6.83. The fraction of sp³-hybridized carbons (Fsp3) is 0.636. The van der Waals surface area contributed by atoms with Crippen LogP contribution in [-0.4, -0.2) is 6.61 Å². The average Bonchev–Trinajstić information content (AvgIpc) is 2.64. The normalized spacial score (nSPS) is 28.5. The molecule has 0 radical (unpaired) electrons. The molecule has 1 nitrogen and oxygen atoms in total. The molecule has 2 saturated carbocycles. The van der Waals surface area contributed by atoms with Crippen molar-refractivity contribution in [2.24, 2.45) is 17.8 Å². The summed E-state index contributed by atoms with van der Waals surface area (Å²) in [5.74, 6) is -0.869. The van der Waals surface area contributed by atoms with Crippen molar-refractivity contribution in [2.75, 3.05) is 0 Å². The molecule has 0 spiro atoms. The monoisotopic (exact) mass is 384 g/mol.